The number of methoxy groups -OCH3 is 1. The minimum absolute atomic E-state index is 0.271. The molecule has 1 amide bonds. The molecule has 9 nitrogen and oxygen atoms in total. The maximum Gasteiger partial charge on any atom is 0.271 e. The van der Waals surface area contributed by atoms with Crippen LogP contribution in [0.3, 0.4) is 0 Å². The number of para-hydroxylation sites is 1. The Morgan fingerprint density at radius 2 is 1.97 bits per heavy atom. The fraction of sp³-hybridized carbons (Fsp3) is 0.414. The first-order valence-electron chi connectivity index (χ1n) is 13.2. The van der Waals surface area contributed by atoms with E-state index >= 15 is 0 Å². The van der Waals surface area contributed by atoms with E-state index in [1.807, 2.05) is 56.3 Å². The zero-order valence-electron chi connectivity index (χ0n) is 22.9. The Morgan fingerprint density at radius 3 is 2.74 bits per heavy atom. The Kier molecular flexibility index (Phi) is 9.78. The average molecular weight is 550 g/mol. The van der Waals surface area contributed by atoms with E-state index in [0.29, 0.717) is 54.6 Å². The van der Waals surface area contributed by atoms with Gasteiger partial charge in [0.25, 0.3) is 5.91 Å². The Bertz CT molecular complexity index is 1410. The normalized spacial score (nSPS) is 12.1. The van der Waals surface area contributed by atoms with E-state index in [4.69, 9.17) is 9.15 Å². The van der Waals surface area contributed by atoms with E-state index < -0.39 is 6.04 Å². The van der Waals surface area contributed by atoms with Gasteiger partial charge in [-0.2, -0.15) is 0 Å². The first-order valence-corrected chi connectivity index (χ1v) is 14.1. The SMILES string of the molecule is CCC(=O)CCCCCC(NC(=O)c1csc(CN(C)C)n1)c1ncc(-c2cc3ccccc3nc2OC)o1. The summed E-state index contributed by atoms with van der Waals surface area (Å²) in [6, 6.07) is 9.30. The molecule has 3 aromatic heterocycles. The standard InChI is InChI=1S/C29H35N5O4S/c1-5-20(35)12-7-6-8-14-23(32-27(36)24-18-39-26(31-24)17-34(2)3)29-30-16-25(38-29)21-15-19-11-9-10-13-22(19)33-28(21)37-4/h9-11,13,15-16,18,23H,5-8,12,14,17H2,1-4H3,(H,32,36). The van der Waals surface area contributed by atoms with E-state index in [1.54, 1.807) is 18.7 Å². The second-order valence-corrected chi connectivity index (χ2v) is 10.6. The summed E-state index contributed by atoms with van der Waals surface area (Å²) in [6.07, 6.45) is 5.91. The van der Waals surface area contributed by atoms with Crippen molar-refractivity contribution < 1.29 is 18.7 Å². The van der Waals surface area contributed by atoms with Crippen LogP contribution in [-0.4, -0.2) is 52.7 Å². The molecule has 0 aliphatic carbocycles. The highest BCUT2D eigenvalue weighted by Gasteiger charge is 2.24. The molecule has 0 saturated heterocycles. The number of fused-ring (bicyclic) bond motifs is 1. The highest BCUT2D eigenvalue weighted by Crippen LogP contribution is 2.33. The van der Waals surface area contributed by atoms with E-state index in [-0.39, 0.29) is 11.7 Å². The number of nitrogens with one attached hydrogen (secondary N) is 1. The number of carbonyl (C=O) groups is 2. The number of hydrogen-bond donors (Lipinski definition) is 1. The van der Waals surface area contributed by atoms with Crippen molar-refractivity contribution in [2.24, 2.45) is 0 Å². The highest BCUT2D eigenvalue weighted by atomic mass is 32.1. The molecule has 4 aromatic rings. The zero-order chi connectivity index (χ0) is 27.8. The predicted octanol–water partition coefficient (Wildman–Crippen LogP) is 5.82. The predicted molar refractivity (Wildman–Crippen MR) is 152 cm³/mol. The molecule has 0 aliphatic heterocycles. The van der Waals surface area contributed by atoms with Crippen LogP contribution >= 0.6 is 11.3 Å². The van der Waals surface area contributed by atoms with Gasteiger partial charge in [0.15, 0.2) is 5.76 Å². The van der Waals surface area contributed by atoms with E-state index in [9.17, 15) is 9.59 Å². The molecule has 0 bridgehead atoms. The number of oxazole rings is 1. The largest absolute Gasteiger partial charge is 0.480 e. The van der Waals surface area contributed by atoms with Crippen molar-refractivity contribution in [2.45, 2.75) is 58.0 Å². The lowest BCUT2D eigenvalue weighted by atomic mass is 10.0. The second-order valence-electron chi connectivity index (χ2n) is 9.68. The van der Waals surface area contributed by atoms with Gasteiger partial charge < -0.3 is 19.4 Å². The molecular weight excluding hydrogens is 514 g/mol. The van der Waals surface area contributed by atoms with Crippen LogP contribution in [0.4, 0.5) is 0 Å². The molecule has 0 radical (unpaired) electrons. The van der Waals surface area contributed by atoms with Gasteiger partial charge in [-0.25, -0.2) is 15.0 Å². The molecule has 1 atom stereocenters. The Balaban J connectivity index is 1.54. The Morgan fingerprint density at radius 1 is 1.15 bits per heavy atom. The van der Waals surface area contributed by atoms with Crippen LogP contribution in [0.15, 0.2) is 46.3 Å². The summed E-state index contributed by atoms with van der Waals surface area (Å²) in [5.74, 6) is 1.35. The molecule has 39 heavy (non-hydrogen) atoms. The molecular formula is C29H35N5O4S. The topological polar surface area (TPSA) is 110 Å². The number of Topliss-reactive ketones (excluding diaryl/α,β-unsaturated/α-hetero) is 1. The van der Waals surface area contributed by atoms with Crippen LogP contribution in [0, 0.1) is 0 Å². The van der Waals surface area contributed by atoms with Crippen molar-refractivity contribution in [1.82, 2.24) is 25.2 Å². The van der Waals surface area contributed by atoms with Crippen LogP contribution in [-0.2, 0) is 11.3 Å². The Hall–Kier alpha value is -3.63. The summed E-state index contributed by atoms with van der Waals surface area (Å²) in [5, 5.41) is 6.67. The third kappa shape index (κ3) is 7.48. The van der Waals surface area contributed by atoms with Crippen molar-refractivity contribution in [1.29, 1.82) is 0 Å². The zero-order valence-corrected chi connectivity index (χ0v) is 23.7. The quantitative estimate of drug-likeness (QED) is 0.196. The molecule has 206 valence electrons. The molecule has 0 fully saturated rings. The molecule has 0 saturated carbocycles. The third-order valence-electron chi connectivity index (χ3n) is 6.35. The van der Waals surface area contributed by atoms with Gasteiger partial charge in [-0.1, -0.05) is 38.0 Å². The lowest BCUT2D eigenvalue weighted by molar-refractivity contribution is -0.118. The summed E-state index contributed by atoms with van der Waals surface area (Å²) in [6.45, 7) is 2.55. The second kappa shape index (κ2) is 13.4. The van der Waals surface area contributed by atoms with Crippen LogP contribution in [0.1, 0.15) is 72.9 Å². The average Bonchev–Trinajstić information content (AvgIpc) is 3.61. The number of amides is 1. The van der Waals surface area contributed by atoms with Gasteiger partial charge in [0, 0.05) is 30.2 Å². The van der Waals surface area contributed by atoms with Gasteiger partial charge in [-0.05, 0) is 39.1 Å². The minimum atomic E-state index is -0.452. The van der Waals surface area contributed by atoms with E-state index in [0.717, 1.165) is 35.2 Å². The maximum atomic E-state index is 13.1. The van der Waals surface area contributed by atoms with Crippen LogP contribution < -0.4 is 10.1 Å². The number of rotatable bonds is 14. The number of unbranched alkanes of at least 4 members (excludes halogenated alkanes) is 2. The summed E-state index contributed by atoms with van der Waals surface area (Å²) >= 11 is 1.46. The van der Waals surface area contributed by atoms with Gasteiger partial charge in [0.2, 0.25) is 11.8 Å². The van der Waals surface area contributed by atoms with E-state index in [1.165, 1.54) is 11.3 Å². The summed E-state index contributed by atoms with van der Waals surface area (Å²) in [4.78, 5) is 40.5. The van der Waals surface area contributed by atoms with Gasteiger partial charge in [-0.3, -0.25) is 9.59 Å². The lowest BCUT2D eigenvalue weighted by Crippen LogP contribution is -2.29. The summed E-state index contributed by atoms with van der Waals surface area (Å²) in [5.41, 5.74) is 1.88. The number of carbonyl (C=O) groups excluding carboxylic acids is 2. The number of ether oxygens (including phenoxy) is 1. The summed E-state index contributed by atoms with van der Waals surface area (Å²) < 4.78 is 11.7. The molecule has 4 rings (SSSR count). The molecule has 3 heterocycles. The molecule has 1 aromatic carbocycles. The Labute approximate surface area is 232 Å². The third-order valence-corrected chi connectivity index (χ3v) is 7.19. The fourth-order valence-corrected chi connectivity index (χ4v) is 5.17. The van der Waals surface area contributed by atoms with Gasteiger partial charge in [0.05, 0.1) is 24.4 Å². The number of ketones is 1. The highest BCUT2D eigenvalue weighted by molar-refractivity contribution is 7.09. The number of benzene rings is 1. The number of hydrogen-bond acceptors (Lipinski definition) is 9. The monoisotopic (exact) mass is 549 g/mol. The van der Waals surface area contributed by atoms with Crippen LogP contribution in [0.25, 0.3) is 22.2 Å². The number of nitrogens with zero attached hydrogens (tertiary/aromatic N) is 4. The van der Waals surface area contributed by atoms with Crippen LogP contribution in [0.5, 0.6) is 5.88 Å². The minimum Gasteiger partial charge on any atom is -0.480 e. The number of thiazole rings is 1. The van der Waals surface area contributed by atoms with E-state index in [2.05, 4.69) is 20.3 Å². The molecule has 10 heteroatoms. The van der Waals surface area contributed by atoms with Crippen molar-refractivity contribution in [3.63, 3.8) is 0 Å². The van der Waals surface area contributed by atoms with Crippen molar-refractivity contribution in [2.75, 3.05) is 21.2 Å². The first-order chi connectivity index (χ1) is 18.9. The fourth-order valence-electron chi connectivity index (χ4n) is 4.28. The smallest absolute Gasteiger partial charge is 0.271 e. The number of pyridine rings is 1. The molecule has 0 spiro atoms. The van der Waals surface area contributed by atoms with Gasteiger partial charge in [-0.15, -0.1) is 11.3 Å². The van der Waals surface area contributed by atoms with Crippen molar-refractivity contribution in [3.8, 4) is 17.2 Å². The maximum absolute atomic E-state index is 13.1. The molecule has 1 unspecified atom stereocenters. The lowest BCUT2D eigenvalue weighted by Gasteiger charge is -2.15. The van der Waals surface area contributed by atoms with Crippen molar-refractivity contribution >= 4 is 33.9 Å². The molecule has 1 N–H and O–H groups in total. The van der Waals surface area contributed by atoms with Crippen LogP contribution in [0.2, 0.25) is 0 Å². The van der Waals surface area contributed by atoms with Crippen molar-refractivity contribution in [3.05, 3.63) is 58.5 Å². The van der Waals surface area contributed by atoms with Gasteiger partial charge >= 0.3 is 0 Å². The molecule has 0 aliphatic rings. The number of aromatic nitrogens is 3. The van der Waals surface area contributed by atoms with Gasteiger partial charge in [0.1, 0.15) is 22.5 Å². The first kappa shape index (κ1) is 28.4. The summed E-state index contributed by atoms with van der Waals surface area (Å²) in [7, 11) is 5.50.